The van der Waals surface area contributed by atoms with Crippen LogP contribution in [0.3, 0.4) is 0 Å². The van der Waals surface area contributed by atoms with Crippen LogP contribution in [0.15, 0.2) is 38.3 Å². The number of sulfonamides is 1. The fraction of sp³-hybridized carbons (Fsp3) is 0.0909. The van der Waals surface area contributed by atoms with Gasteiger partial charge in [-0.2, -0.15) is 0 Å². The molecule has 0 atom stereocenters. The summed E-state index contributed by atoms with van der Waals surface area (Å²) >= 11 is 4.20. The van der Waals surface area contributed by atoms with Crippen LogP contribution in [0.2, 0.25) is 0 Å². The van der Waals surface area contributed by atoms with Gasteiger partial charge in [0, 0.05) is 11.0 Å². The second-order valence-electron chi connectivity index (χ2n) is 3.63. The lowest BCUT2D eigenvalue weighted by Crippen LogP contribution is -2.22. The van der Waals surface area contributed by atoms with E-state index < -0.39 is 21.7 Å². The molecule has 0 aliphatic carbocycles. The van der Waals surface area contributed by atoms with Gasteiger partial charge in [0.15, 0.2) is 11.6 Å². The molecule has 0 bridgehead atoms. The summed E-state index contributed by atoms with van der Waals surface area (Å²) < 4.78 is 52.5. The molecule has 0 unspecified atom stereocenters. The van der Waals surface area contributed by atoms with Crippen molar-refractivity contribution in [3.8, 4) is 0 Å². The molecule has 19 heavy (non-hydrogen) atoms. The van der Waals surface area contributed by atoms with Gasteiger partial charge in [0.05, 0.1) is 0 Å². The van der Waals surface area contributed by atoms with Crippen LogP contribution in [0.25, 0.3) is 0 Å². The van der Waals surface area contributed by atoms with E-state index in [4.69, 9.17) is 0 Å². The van der Waals surface area contributed by atoms with Crippen molar-refractivity contribution in [1.29, 1.82) is 0 Å². The van der Waals surface area contributed by atoms with E-state index in [1.165, 1.54) is 6.07 Å². The van der Waals surface area contributed by atoms with Crippen LogP contribution < -0.4 is 4.72 Å². The van der Waals surface area contributed by atoms with Crippen LogP contribution in [-0.4, -0.2) is 8.42 Å². The lowest BCUT2D eigenvalue weighted by Gasteiger charge is -2.06. The third-order valence-electron chi connectivity index (χ3n) is 2.28. The SMILES string of the molecule is O=S(=O)(NCc1ccc(F)c(F)c1)c1sccc1Br. The number of hydrogen-bond acceptors (Lipinski definition) is 3. The molecule has 3 nitrogen and oxygen atoms in total. The topological polar surface area (TPSA) is 46.2 Å². The Balaban J connectivity index is 2.14. The third kappa shape index (κ3) is 3.38. The van der Waals surface area contributed by atoms with Crippen molar-refractivity contribution >= 4 is 37.3 Å². The Labute approximate surface area is 121 Å². The summed E-state index contributed by atoms with van der Waals surface area (Å²) in [7, 11) is -3.66. The van der Waals surface area contributed by atoms with Crippen molar-refractivity contribution in [2.24, 2.45) is 0 Å². The van der Waals surface area contributed by atoms with Gasteiger partial charge in [0.25, 0.3) is 10.0 Å². The average Bonchev–Trinajstić information content (AvgIpc) is 2.78. The molecule has 1 N–H and O–H groups in total. The molecule has 0 saturated carbocycles. The van der Waals surface area contributed by atoms with Crippen molar-refractivity contribution in [2.75, 3.05) is 0 Å². The van der Waals surface area contributed by atoms with Gasteiger partial charge in [-0.05, 0) is 45.1 Å². The van der Waals surface area contributed by atoms with Crippen molar-refractivity contribution in [3.05, 3.63) is 51.3 Å². The van der Waals surface area contributed by atoms with Crippen LogP contribution in [0, 0.1) is 11.6 Å². The minimum Gasteiger partial charge on any atom is -0.206 e. The molecule has 0 aliphatic rings. The summed E-state index contributed by atoms with van der Waals surface area (Å²) in [6.07, 6.45) is 0. The van der Waals surface area contributed by atoms with Gasteiger partial charge >= 0.3 is 0 Å². The van der Waals surface area contributed by atoms with E-state index in [-0.39, 0.29) is 10.8 Å². The Hall–Kier alpha value is -0.830. The lowest BCUT2D eigenvalue weighted by molar-refractivity contribution is 0.506. The molecule has 0 aliphatic heterocycles. The Kier molecular flexibility index (Phi) is 4.34. The number of thiophene rings is 1. The van der Waals surface area contributed by atoms with Gasteiger partial charge in [-0.1, -0.05) is 6.07 Å². The van der Waals surface area contributed by atoms with E-state index in [2.05, 4.69) is 20.7 Å². The fourth-order valence-electron chi connectivity index (χ4n) is 1.37. The van der Waals surface area contributed by atoms with Gasteiger partial charge in [0.2, 0.25) is 0 Å². The first kappa shape index (κ1) is 14.6. The number of nitrogens with one attached hydrogen (secondary N) is 1. The van der Waals surface area contributed by atoms with E-state index in [1.54, 1.807) is 11.4 Å². The van der Waals surface area contributed by atoms with E-state index in [9.17, 15) is 17.2 Å². The molecule has 2 rings (SSSR count). The smallest absolute Gasteiger partial charge is 0.206 e. The maximum absolute atomic E-state index is 13.0. The Morgan fingerprint density at radius 2 is 1.95 bits per heavy atom. The molecule has 1 aromatic carbocycles. The highest BCUT2D eigenvalue weighted by Crippen LogP contribution is 2.27. The molecule has 8 heteroatoms. The van der Waals surface area contributed by atoms with Gasteiger partial charge in [-0.15, -0.1) is 11.3 Å². The molecule has 102 valence electrons. The van der Waals surface area contributed by atoms with Gasteiger partial charge in [-0.3, -0.25) is 0 Å². The van der Waals surface area contributed by atoms with Crippen molar-refractivity contribution in [1.82, 2.24) is 4.72 Å². The first-order valence-corrected chi connectivity index (χ1v) is 8.22. The van der Waals surface area contributed by atoms with Crippen molar-refractivity contribution in [3.63, 3.8) is 0 Å². The van der Waals surface area contributed by atoms with Crippen LogP contribution in [0.5, 0.6) is 0 Å². The normalized spacial score (nSPS) is 11.7. The minimum atomic E-state index is -3.66. The summed E-state index contributed by atoms with van der Waals surface area (Å²) in [5.74, 6) is -1.97. The van der Waals surface area contributed by atoms with Crippen molar-refractivity contribution in [2.45, 2.75) is 10.8 Å². The number of hydrogen-bond donors (Lipinski definition) is 1. The predicted octanol–water partition coefficient (Wildman–Crippen LogP) is 3.27. The molecule has 1 heterocycles. The summed E-state index contributed by atoms with van der Waals surface area (Å²) in [4.78, 5) is 0. The molecule has 0 amide bonds. The molecular weight excluding hydrogens is 360 g/mol. The largest absolute Gasteiger partial charge is 0.251 e. The van der Waals surface area contributed by atoms with Crippen molar-refractivity contribution < 1.29 is 17.2 Å². The zero-order valence-corrected chi connectivity index (χ0v) is 12.6. The van der Waals surface area contributed by atoms with E-state index in [0.29, 0.717) is 10.0 Å². The summed E-state index contributed by atoms with van der Waals surface area (Å²) in [6, 6.07) is 4.86. The highest BCUT2D eigenvalue weighted by molar-refractivity contribution is 9.10. The maximum atomic E-state index is 13.0. The second-order valence-corrected chi connectivity index (χ2v) is 7.36. The minimum absolute atomic E-state index is 0.107. The Morgan fingerprint density at radius 1 is 1.21 bits per heavy atom. The average molecular weight is 368 g/mol. The lowest BCUT2D eigenvalue weighted by atomic mass is 10.2. The quantitative estimate of drug-likeness (QED) is 0.901. The number of rotatable bonds is 4. The summed E-state index contributed by atoms with van der Waals surface area (Å²) in [5, 5.41) is 1.64. The highest BCUT2D eigenvalue weighted by atomic mass is 79.9. The van der Waals surface area contributed by atoms with Crippen LogP contribution in [0.4, 0.5) is 8.78 Å². The zero-order valence-electron chi connectivity index (χ0n) is 9.36. The fourth-order valence-corrected chi connectivity index (χ4v) is 4.76. The van der Waals surface area contributed by atoms with E-state index in [0.717, 1.165) is 23.5 Å². The first-order valence-electron chi connectivity index (χ1n) is 5.07. The molecule has 0 spiro atoms. The monoisotopic (exact) mass is 367 g/mol. The molecule has 0 radical (unpaired) electrons. The first-order chi connectivity index (χ1) is 8.90. The summed E-state index contributed by atoms with van der Waals surface area (Å²) in [5.41, 5.74) is 0.343. The zero-order chi connectivity index (χ0) is 14.0. The number of benzene rings is 1. The molecule has 0 fully saturated rings. The Bertz CT molecular complexity index is 700. The van der Waals surface area contributed by atoms with Crippen LogP contribution in [-0.2, 0) is 16.6 Å². The highest BCUT2D eigenvalue weighted by Gasteiger charge is 2.18. The molecule has 1 aromatic heterocycles. The second kappa shape index (κ2) is 5.66. The third-order valence-corrected chi connectivity index (χ3v) is 6.35. The predicted molar refractivity (Wildman–Crippen MR) is 72.4 cm³/mol. The van der Waals surface area contributed by atoms with Gasteiger partial charge in [-0.25, -0.2) is 21.9 Å². The van der Waals surface area contributed by atoms with Crippen LogP contribution in [0.1, 0.15) is 5.56 Å². The number of halogens is 3. The summed E-state index contributed by atoms with van der Waals surface area (Å²) in [6.45, 7) is -0.107. The van der Waals surface area contributed by atoms with Crippen LogP contribution >= 0.6 is 27.3 Å². The van der Waals surface area contributed by atoms with E-state index >= 15 is 0 Å². The molecular formula is C11H8BrF2NO2S2. The van der Waals surface area contributed by atoms with Gasteiger partial charge < -0.3 is 0 Å². The maximum Gasteiger partial charge on any atom is 0.251 e. The Morgan fingerprint density at radius 3 is 2.53 bits per heavy atom. The molecule has 0 saturated heterocycles. The van der Waals surface area contributed by atoms with E-state index in [1.807, 2.05) is 0 Å². The standard InChI is InChI=1S/C11H8BrF2NO2S2/c12-8-3-4-18-11(8)19(16,17)15-6-7-1-2-9(13)10(14)5-7/h1-5,15H,6H2. The van der Waals surface area contributed by atoms with Gasteiger partial charge in [0.1, 0.15) is 4.21 Å². The molecule has 2 aromatic rings.